The molecule has 1 aromatic carbocycles. The summed E-state index contributed by atoms with van der Waals surface area (Å²) in [5, 5.41) is 0. The van der Waals surface area contributed by atoms with Crippen LogP contribution in [0.5, 0.6) is 0 Å². The summed E-state index contributed by atoms with van der Waals surface area (Å²) in [6.07, 6.45) is 3.96. The van der Waals surface area contributed by atoms with Crippen molar-refractivity contribution in [2.24, 2.45) is 0 Å². The van der Waals surface area contributed by atoms with E-state index in [4.69, 9.17) is 4.42 Å². The molecule has 0 N–H and O–H groups in total. The first kappa shape index (κ1) is 7.98. The van der Waals surface area contributed by atoms with Gasteiger partial charge in [-0.3, -0.25) is 0 Å². The Bertz CT molecular complexity index is 407. The maximum atomic E-state index is 12.8. The van der Waals surface area contributed by atoms with Gasteiger partial charge in [-0.25, -0.2) is 8.78 Å². The molecule has 1 radical (unpaired) electrons. The molecule has 0 atom stereocenters. The average Bonchev–Trinajstić information content (AvgIpc) is 2.62. The van der Waals surface area contributed by atoms with E-state index in [1.54, 1.807) is 6.07 Å². The van der Waals surface area contributed by atoms with Gasteiger partial charge in [0.05, 0.1) is 6.26 Å². The Balaban J connectivity index is 2.49. The third kappa shape index (κ3) is 1.45. The zero-order chi connectivity index (χ0) is 9.26. The number of rotatable bonds is 1. The maximum absolute atomic E-state index is 12.8. The van der Waals surface area contributed by atoms with Crippen LogP contribution >= 0.6 is 0 Å². The molecule has 0 aliphatic carbocycles. The fourth-order valence-corrected chi connectivity index (χ4v) is 1.05. The molecule has 13 heavy (non-hydrogen) atoms. The lowest BCUT2D eigenvalue weighted by Crippen LogP contribution is -1.83. The van der Waals surface area contributed by atoms with Gasteiger partial charge in [0.2, 0.25) is 0 Å². The Morgan fingerprint density at radius 3 is 2.54 bits per heavy atom. The molecule has 0 saturated carbocycles. The summed E-state index contributed by atoms with van der Waals surface area (Å²) in [4.78, 5) is 0. The molecule has 2 aromatic rings. The van der Waals surface area contributed by atoms with Crippen molar-refractivity contribution in [2.45, 2.75) is 0 Å². The second kappa shape index (κ2) is 3.01. The van der Waals surface area contributed by atoms with Gasteiger partial charge in [-0.05, 0) is 23.8 Å². The molecule has 0 spiro atoms. The van der Waals surface area contributed by atoms with E-state index in [0.29, 0.717) is 11.1 Å². The van der Waals surface area contributed by atoms with Gasteiger partial charge in [-0.1, -0.05) is 6.07 Å². The summed E-state index contributed by atoms with van der Waals surface area (Å²) >= 11 is 0. The third-order valence-electron chi connectivity index (χ3n) is 1.70. The van der Waals surface area contributed by atoms with Gasteiger partial charge in [-0.15, -0.1) is 0 Å². The van der Waals surface area contributed by atoms with Gasteiger partial charge in [-0.2, -0.15) is 0 Å². The van der Waals surface area contributed by atoms with Gasteiger partial charge in [0.1, 0.15) is 0 Å². The highest BCUT2D eigenvalue weighted by molar-refractivity contribution is 5.61. The van der Waals surface area contributed by atoms with Crippen LogP contribution < -0.4 is 0 Å². The average molecular weight is 179 g/mol. The van der Waals surface area contributed by atoms with Crippen molar-refractivity contribution in [1.82, 2.24) is 0 Å². The topological polar surface area (TPSA) is 13.1 Å². The van der Waals surface area contributed by atoms with E-state index in [9.17, 15) is 8.78 Å². The van der Waals surface area contributed by atoms with Crippen molar-refractivity contribution in [3.63, 3.8) is 0 Å². The van der Waals surface area contributed by atoms with Crippen molar-refractivity contribution >= 4 is 0 Å². The fraction of sp³-hybridized carbons (Fsp3) is 0. The SMILES string of the molecule is Fc1ccc(-c2[c]occ2)cc1F. The van der Waals surface area contributed by atoms with Crippen LogP contribution in [-0.2, 0) is 0 Å². The molecule has 0 fully saturated rings. The Morgan fingerprint density at radius 2 is 1.92 bits per heavy atom. The number of halogens is 2. The first-order valence-corrected chi connectivity index (χ1v) is 3.68. The number of furan rings is 1. The van der Waals surface area contributed by atoms with Crippen LogP contribution in [0.25, 0.3) is 11.1 Å². The minimum absolute atomic E-state index is 0.549. The largest absolute Gasteiger partial charge is 0.460 e. The van der Waals surface area contributed by atoms with Crippen LogP contribution in [0.15, 0.2) is 34.9 Å². The van der Waals surface area contributed by atoms with Crippen LogP contribution in [0.3, 0.4) is 0 Å². The molecule has 0 amide bonds. The minimum Gasteiger partial charge on any atom is -0.460 e. The quantitative estimate of drug-likeness (QED) is 0.655. The summed E-state index contributed by atoms with van der Waals surface area (Å²) in [5.41, 5.74) is 1.16. The zero-order valence-corrected chi connectivity index (χ0v) is 6.55. The predicted molar refractivity (Wildman–Crippen MR) is 42.9 cm³/mol. The highest BCUT2D eigenvalue weighted by Crippen LogP contribution is 2.20. The molecule has 1 aromatic heterocycles. The molecule has 0 aliphatic heterocycles. The van der Waals surface area contributed by atoms with Crippen molar-refractivity contribution in [1.29, 1.82) is 0 Å². The van der Waals surface area contributed by atoms with Gasteiger partial charge in [0.25, 0.3) is 0 Å². The lowest BCUT2D eigenvalue weighted by molar-refractivity contribution is 0.509. The van der Waals surface area contributed by atoms with Gasteiger partial charge < -0.3 is 4.42 Å². The van der Waals surface area contributed by atoms with E-state index in [0.717, 1.165) is 12.1 Å². The van der Waals surface area contributed by atoms with Crippen molar-refractivity contribution in [3.05, 3.63) is 48.4 Å². The molecular formula is C10H5F2O. The normalized spacial score (nSPS) is 10.3. The van der Waals surface area contributed by atoms with E-state index in [-0.39, 0.29) is 0 Å². The van der Waals surface area contributed by atoms with E-state index in [1.807, 2.05) is 0 Å². The molecule has 3 heteroatoms. The summed E-state index contributed by atoms with van der Waals surface area (Å²) in [7, 11) is 0. The van der Waals surface area contributed by atoms with Crippen LogP contribution in [0.1, 0.15) is 0 Å². The van der Waals surface area contributed by atoms with Crippen molar-refractivity contribution in [3.8, 4) is 11.1 Å². The standard InChI is InChI=1S/C10H5F2O/c11-9-2-1-7(5-10(9)12)8-3-4-13-6-8/h1-5H. The van der Waals surface area contributed by atoms with Crippen molar-refractivity contribution in [2.75, 3.05) is 0 Å². The minimum atomic E-state index is -0.868. The summed E-state index contributed by atoms with van der Waals surface area (Å²) in [6, 6.07) is 5.29. The smallest absolute Gasteiger partial charge is 0.177 e. The highest BCUT2D eigenvalue weighted by atomic mass is 19.2. The molecule has 0 bridgehead atoms. The second-order valence-electron chi connectivity index (χ2n) is 2.57. The molecular weight excluding hydrogens is 174 g/mol. The van der Waals surface area contributed by atoms with Crippen LogP contribution in [-0.4, -0.2) is 0 Å². The fourth-order valence-electron chi connectivity index (χ4n) is 1.05. The molecule has 0 aliphatic rings. The van der Waals surface area contributed by atoms with Gasteiger partial charge in [0.15, 0.2) is 17.9 Å². The molecule has 2 rings (SSSR count). The second-order valence-corrected chi connectivity index (χ2v) is 2.57. The van der Waals surface area contributed by atoms with E-state index >= 15 is 0 Å². The first-order chi connectivity index (χ1) is 6.27. The molecule has 1 nitrogen and oxygen atoms in total. The third-order valence-corrected chi connectivity index (χ3v) is 1.70. The first-order valence-electron chi connectivity index (χ1n) is 3.68. The van der Waals surface area contributed by atoms with Crippen LogP contribution in [0.2, 0.25) is 0 Å². The Hall–Kier alpha value is -1.64. The van der Waals surface area contributed by atoms with E-state index in [2.05, 4.69) is 6.26 Å². The Morgan fingerprint density at radius 1 is 1.08 bits per heavy atom. The molecule has 65 valence electrons. The van der Waals surface area contributed by atoms with Crippen LogP contribution in [0, 0.1) is 17.9 Å². The zero-order valence-electron chi connectivity index (χ0n) is 6.55. The predicted octanol–water partition coefficient (Wildman–Crippen LogP) is 3.02. The van der Waals surface area contributed by atoms with Crippen LogP contribution in [0.4, 0.5) is 8.78 Å². The maximum Gasteiger partial charge on any atom is 0.177 e. The number of hydrogen-bond acceptors (Lipinski definition) is 1. The van der Waals surface area contributed by atoms with E-state index in [1.165, 1.54) is 12.3 Å². The number of benzene rings is 1. The lowest BCUT2D eigenvalue weighted by Gasteiger charge is -1.96. The van der Waals surface area contributed by atoms with E-state index < -0.39 is 11.6 Å². The number of hydrogen-bond donors (Lipinski definition) is 0. The van der Waals surface area contributed by atoms with Gasteiger partial charge in [0, 0.05) is 5.56 Å². The summed E-state index contributed by atoms with van der Waals surface area (Å²) in [5.74, 6) is -1.72. The summed E-state index contributed by atoms with van der Waals surface area (Å²) in [6.45, 7) is 0. The Labute approximate surface area is 73.6 Å². The van der Waals surface area contributed by atoms with Crippen molar-refractivity contribution < 1.29 is 13.2 Å². The van der Waals surface area contributed by atoms with Gasteiger partial charge >= 0.3 is 0 Å². The highest BCUT2D eigenvalue weighted by Gasteiger charge is 2.04. The lowest BCUT2D eigenvalue weighted by atomic mass is 10.1. The summed E-state index contributed by atoms with van der Waals surface area (Å²) < 4.78 is 30.0. The monoisotopic (exact) mass is 179 g/mol. The molecule has 0 saturated heterocycles. The Kier molecular flexibility index (Phi) is 1.85. The molecule has 0 unspecified atom stereocenters. The molecule has 1 heterocycles.